The van der Waals surface area contributed by atoms with Gasteiger partial charge in [-0.2, -0.15) is 0 Å². The number of carbonyl (C=O) groups is 1. The second kappa shape index (κ2) is 6.55. The monoisotopic (exact) mass is 328 g/mol. The summed E-state index contributed by atoms with van der Waals surface area (Å²) < 4.78 is 1.43. The first kappa shape index (κ1) is 15.9. The number of halogens is 1. The Hall–Kier alpha value is -1.44. The number of nitrogens with one attached hydrogen (secondary N) is 1. The molecule has 3 heterocycles. The van der Waals surface area contributed by atoms with Crippen molar-refractivity contribution in [1.82, 2.24) is 19.6 Å². The number of likely N-dealkylation sites (N-methyl/N-ethyl adjacent to an activating group) is 1. The Balaban J connectivity index is 0.00000161. The lowest BCUT2D eigenvalue weighted by atomic mass is 10.1. The van der Waals surface area contributed by atoms with E-state index in [2.05, 4.69) is 10.3 Å². The van der Waals surface area contributed by atoms with Gasteiger partial charge in [-0.1, -0.05) is 0 Å². The van der Waals surface area contributed by atoms with Gasteiger partial charge in [0.2, 0.25) is 0 Å². The third-order valence-electron chi connectivity index (χ3n) is 3.69. The van der Waals surface area contributed by atoms with Crippen molar-refractivity contribution in [2.75, 3.05) is 20.1 Å². The smallest absolute Gasteiger partial charge is 0.271 e. The molecule has 2 aromatic heterocycles. The number of nitrogens with zero attached hydrogens (tertiary/aromatic N) is 3. The minimum absolute atomic E-state index is 0. The van der Waals surface area contributed by atoms with Crippen LogP contribution >= 0.6 is 23.7 Å². The second-order valence-corrected chi connectivity index (χ2v) is 5.78. The van der Waals surface area contributed by atoms with Crippen molar-refractivity contribution in [3.8, 4) is 0 Å². The Morgan fingerprint density at radius 2 is 2.33 bits per heavy atom. The van der Waals surface area contributed by atoms with Crippen LogP contribution < -0.4 is 10.9 Å². The van der Waals surface area contributed by atoms with Gasteiger partial charge in [-0.3, -0.25) is 14.0 Å². The van der Waals surface area contributed by atoms with Gasteiger partial charge in [-0.05, 0) is 19.9 Å². The summed E-state index contributed by atoms with van der Waals surface area (Å²) in [5.41, 5.74) is -0.134. The SMILES string of the molecule is CNC1CCCN(C(=O)c2cnc3sccn3c2=O)C1.Cl. The number of carbonyl (C=O) groups excluding carboxylic acids is 1. The van der Waals surface area contributed by atoms with Crippen LogP contribution in [0.2, 0.25) is 0 Å². The van der Waals surface area contributed by atoms with Crippen LogP contribution in [0.3, 0.4) is 0 Å². The second-order valence-electron chi connectivity index (χ2n) is 4.91. The van der Waals surface area contributed by atoms with Crippen LogP contribution in [0.15, 0.2) is 22.6 Å². The quantitative estimate of drug-likeness (QED) is 0.893. The highest BCUT2D eigenvalue weighted by molar-refractivity contribution is 7.15. The third-order valence-corrected chi connectivity index (χ3v) is 4.46. The summed E-state index contributed by atoms with van der Waals surface area (Å²) in [5.74, 6) is -0.219. The third kappa shape index (κ3) is 2.95. The van der Waals surface area contributed by atoms with E-state index in [0.717, 1.165) is 12.8 Å². The molecule has 0 saturated carbocycles. The minimum atomic E-state index is -0.284. The predicted octanol–water partition coefficient (Wildman–Crippen LogP) is 1.00. The van der Waals surface area contributed by atoms with Crippen LogP contribution in [0.25, 0.3) is 4.96 Å². The maximum absolute atomic E-state index is 12.5. The zero-order valence-electron chi connectivity index (χ0n) is 11.6. The molecule has 3 rings (SSSR count). The highest BCUT2D eigenvalue weighted by atomic mass is 35.5. The van der Waals surface area contributed by atoms with Crippen molar-refractivity contribution in [3.63, 3.8) is 0 Å². The highest BCUT2D eigenvalue weighted by Crippen LogP contribution is 2.13. The molecule has 1 aliphatic heterocycles. The fraction of sp³-hybridized carbons (Fsp3) is 0.462. The normalized spacial score (nSPS) is 18.5. The van der Waals surface area contributed by atoms with Gasteiger partial charge in [0.1, 0.15) is 5.56 Å². The van der Waals surface area contributed by atoms with E-state index in [4.69, 9.17) is 0 Å². The maximum atomic E-state index is 12.5. The molecule has 1 unspecified atom stereocenters. The molecule has 2 aromatic rings. The molecule has 0 spiro atoms. The van der Waals surface area contributed by atoms with E-state index < -0.39 is 0 Å². The first-order chi connectivity index (χ1) is 9.70. The Labute approximate surface area is 132 Å². The Morgan fingerprint density at radius 3 is 3.10 bits per heavy atom. The van der Waals surface area contributed by atoms with Crippen molar-refractivity contribution in [2.24, 2.45) is 0 Å². The minimum Gasteiger partial charge on any atom is -0.337 e. The summed E-state index contributed by atoms with van der Waals surface area (Å²) in [6.45, 7) is 1.34. The first-order valence-electron chi connectivity index (χ1n) is 6.62. The van der Waals surface area contributed by atoms with E-state index in [1.165, 1.54) is 21.9 Å². The lowest BCUT2D eigenvalue weighted by Crippen LogP contribution is -2.48. The molecular weight excluding hydrogens is 312 g/mol. The molecule has 1 aliphatic rings. The van der Waals surface area contributed by atoms with Gasteiger partial charge in [-0.15, -0.1) is 23.7 Å². The number of likely N-dealkylation sites (tertiary alicyclic amines) is 1. The summed E-state index contributed by atoms with van der Waals surface area (Å²) in [5, 5.41) is 4.98. The van der Waals surface area contributed by atoms with Gasteiger partial charge >= 0.3 is 0 Å². The number of hydrogen-bond acceptors (Lipinski definition) is 5. The van der Waals surface area contributed by atoms with E-state index in [1.54, 1.807) is 16.5 Å². The molecular formula is C13H17ClN4O2S. The molecule has 21 heavy (non-hydrogen) atoms. The van der Waals surface area contributed by atoms with E-state index in [9.17, 15) is 9.59 Å². The summed E-state index contributed by atoms with van der Waals surface area (Å²) in [6, 6.07) is 0.299. The van der Waals surface area contributed by atoms with Crippen LogP contribution in [0, 0.1) is 0 Å². The van der Waals surface area contributed by atoms with Crippen LogP contribution in [0.5, 0.6) is 0 Å². The number of rotatable bonds is 2. The van der Waals surface area contributed by atoms with Crippen LogP contribution in [0.4, 0.5) is 0 Å². The van der Waals surface area contributed by atoms with E-state index in [-0.39, 0.29) is 29.4 Å². The van der Waals surface area contributed by atoms with Crippen molar-refractivity contribution in [2.45, 2.75) is 18.9 Å². The van der Waals surface area contributed by atoms with Crippen molar-refractivity contribution >= 4 is 34.6 Å². The maximum Gasteiger partial charge on any atom is 0.271 e. The van der Waals surface area contributed by atoms with Gasteiger partial charge < -0.3 is 10.2 Å². The van der Waals surface area contributed by atoms with Gasteiger partial charge in [0.25, 0.3) is 11.5 Å². The number of fused-ring (bicyclic) bond motifs is 1. The summed E-state index contributed by atoms with van der Waals surface area (Å²) >= 11 is 1.38. The zero-order valence-corrected chi connectivity index (χ0v) is 13.2. The van der Waals surface area contributed by atoms with E-state index in [0.29, 0.717) is 24.1 Å². The standard InChI is InChI=1S/C13H16N4O2S.ClH/c1-14-9-3-2-4-16(8-9)11(18)10-7-15-13-17(12(10)19)5-6-20-13;/h5-7,9,14H,2-4,8H2,1H3;1H. The van der Waals surface area contributed by atoms with Gasteiger partial charge in [0, 0.05) is 36.9 Å². The molecule has 1 saturated heterocycles. The van der Waals surface area contributed by atoms with Gasteiger partial charge in [0.05, 0.1) is 0 Å². The summed E-state index contributed by atoms with van der Waals surface area (Å²) in [6.07, 6.45) is 5.06. The molecule has 0 aliphatic carbocycles. The molecule has 114 valence electrons. The molecule has 8 heteroatoms. The molecule has 1 N–H and O–H groups in total. The number of hydrogen-bond donors (Lipinski definition) is 1. The fourth-order valence-electron chi connectivity index (χ4n) is 2.54. The van der Waals surface area contributed by atoms with Crippen LogP contribution in [-0.4, -0.2) is 46.4 Å². The van der Waals surface area contributed by atoms with E-state index >= 15 is 0 Å². The molecule has 0 radical (unpaired) electrons. The summed E-state index contributed by atoms with van der Waals surface area (Å²) in [4.78, 5) is 31.3. The molecule has 1 fully saturated rings. The highest BCUT2D eigenvalue weighted by Gasteiger charge is 2.25. The van der Waals surface area contributed by atoms with Crippen LogP contribution in [0.1, 0.15) is 23.2 Å². The molecule has 0 bridgehead atoms. The number of thiazole rings is 1. The Morgan fingerprint density at radius 1 is 1.52 bits per heavy atom. The average molecular weight is 329 g/mol. The Kier molecular flexibility index (Phi) is 4.97. The first-order valence-corrected chi connectivity index (χ1v) is 7.50. The van der Waals surface area contributed by atoms with Gasteiger partial charge in [-0.25, -0.2) is 4.98 Å². The summed E-state index contributed by atoms with van der Waals surface area (Å²) in [7, 11) is 1.90. The van der Waals surface area contributed by atoms with Gasteiger partial charge in [0.15, 0.2) is 4.96 Å². The lowest BCUT2D eigenvalue weighted by molar-refractivity contribution is 0.0696. The largest absolute Gasteiger partial charge is 0.337 e. The number of piperidine rings is 1. The fourth-order valence-corrected chi connectivity index (χ4v) is 3.21. The zero-order chi connectivity index (χ0) is 14.1. The Bertz CT molecular complexity index is 699. The predicted molar refractivity (Wildman–Crippen MR) is 84.6 cm³/mol. The van der Waals surface area contributed by atoms with E-state index in [1.807, 2.05) is 7.05 Å². The lowest BCUT2D eigenvalue weighted by Gasteiger charge is -2.32. The molecule has 1 amide bonds. The van der Waals surface area contributed by atoms with Crippen molar-refractivity contribution < 1.29 is 4.79 Å². The number of amides is 1. The average Bonchev–Trinajstić information content (AvgIpc) is 2.96. The topological polar surface area (TPSA) is 66.7 Å². The molecule has 0 aromatic carbocycles. The molecule has 1 atom stereocenters. The van der Waals surface area contributed by atoms with Crippen LogP contribution in [-0.2, 0) is 0 Å². The molecule has 6 nitrogen and oxygen atoms in total. The van der Waals surface area contributed by atoms with Crippen molar-refractivity contribution in [3.05, 3.63) is 33.7 Å². The number of aromatic nitrogens is 2. The van der Waals surface area contributed by atoms with Crippen molar-refractivity contribution in [1.29, 1.82) is 0 Å².